The molecule has 0 fully saturated rings. The van der Waals surface area contributed by atoms with Crippen molar-refractivity contribution in [2.75, 3.05) is 12.4 Å². The molecule has 0 aliphatic carbocycles. The van der Waals surface area contributed by atoms with Gasteiger partial charge in [-0.3, -0.25) is 4.79 Å². The van der Waals surface area contributed by atoms with Crippen molar-refractivity contribution in [3.8, 4) is 0 Å². The van der Waals surface area contributed by atoms with E-state index < -0.39 is 12.0 Å². The van der Waals surface area contributed by atoms with Gasteiger partial charge in [-0.05, 0) is 40.3 Å². The Morgan fingerprint density at radius 3 is 2.50 bits per heavy atom. The predicted octanol–water partition coefficient (Wildman–Crippen LogP) is 2.65. The fraction of sp³-hybridized carbons (Fsp3) is 0.105. The summed E-state index contributed by atoms with van der Waals surface area (Å²) in [5.41, 5.74) is 1.30. The van der Waals surface area contributed by atoms with Gasteiger partial charge in [-0.1, -0.05) is 47.0 Å². The van der Waals surface area contributed by atoms with Gasteiger partial charge in [0.1, 0.15) is 11.7 Å². The van der Waals surface area contributed by atoms with Crippen LogP contribution in [0.2, 0.25) is 5.02 Å². The SMILES string of the molecule is COC(=O)C1=C(C(=O)c2ccc(Cl)cc2)[C@@H](c2ccccc2)n2nnnc2N1. The summed E-state index contributed by atoms with van der Waals surface area (Å²) in [7, 11) is 1.25. The number of anilines is 1. The van der Waals surface area contributed by atoms with Gasteiger partial charge in [-0.15, -0.1) is 0 Å². The maximum absolute atomic E-state index is 13.4. The van der Waals surface area contributed by atoms with Crippen molar-refractivity contribution in [2.45, 2.75) is 6.04 Å². The molecule has 2 heterocycles. The van der Waals surface area contributed by atoms with Crippen LogP contribution < -0.4 is 5.32 Å². The minimum Gasteiger partial charge on any atom is -0.464 e. The highest BCUT2D eigenvalue weighted by atomic mass is 35.5. The molecule has 0 saturated carbocycles. The summed E-state index contributed by atoms with van der Waals surface area (Å²) >= 11 is 5.94. The van der Waals surface area contributed by atoms with E-state index in [1.165, 1.54) is 11.8 Å². The van der Waals surface area contributed by atoms with Crippen LogP contribution in [0.4, 0.5) is 5.95 Å². The smallest absolute Gasteiger partial charge is 0.355 e. The van der Waals surface area contributed by atoms with Gasteiger partial charge in [0, 0.05) is 10.6 Å². The average Bonchev–Trinajstić information content (AvgIpc) is 3.21. The Bertz CT molecular complexity index is 1080. The molecule has 1 atom stereocenters. The van der Waals surface area contributed by atoms with Gasteiger partial charge in [0.05, 0.1) is 12.7 Å². The zero-order chi connectivity index (χ0) is 19.7. The van der Waals surface area contributed by atoms with Crippen molar-refractivity contribution in [1.29, 1.82) is 0 Å². The van der Waals surface area contributed by atoms with Crippen LogP contribution in [0, 0.1) is 0 Å². The third-order valence-electron chi connectivity index (χ3n) is 4.37. The van der Waals surface area contributed by atoms with E-state index in [-0.39, 0.29) is 23.0 Å². The number of ether oxygens (including phenoxy) is 1. The van der Waals surface area contributed by atoms with E-state index in [0.29, 0.717) is 10.6 Å². The number of nitrogens with one attached hydrogen (secondary N) is 1. The van der Waals surface area contributed by atoms with Crippen LogP contribution in [0.1, 0.15) is 22.0 Å². The molecule has 0 amide bonds. The molecule has 4 rings (SSSR count). The van der Waals surface area contributed by atoms with E-state index in [0.717, 1.165) is 5.56 Å². The van der Waals surface area contributed by atoms with E-state index >= 15 is 0 Å². The highest BCUT2D eigenvalue weighted by Crippen LogP contribution is 2.36. The summed E-state index contributed by atoms with van der Waals surface area (Å²) in [5.74, 6) is -0.811. The molecule has 0 unspecified atom stereocenters. The topological polar surface area (TPSA) is 99.0 Å². The summed E-state index contributed by atoms with van der Waals surface area (Å²) < 4.78 is 6.35. The van der Waals surface area contributed by atoms with Crippen LogP contribution in [-0.4, -0.2) is 39.1 Å². The summed E-state index contributed by atoms with van der Waals surface area (Å²) in [5, 5.41) is 14.9. The predicted molar refractivity (Wildman–Crippen MR) is 101 cm³/mol. The number of esters is 1. The zero-order valence-corrected chi connectivity index (χ0v) is 15.4. The molecule has 3 aromatic rings. The van der Waals surface area contributed by atoms with Crippen LogP contribution in [-0.2, 0) is 9.53 Å². The van der Waals surface area contributed by atoms with Gasteiger partial charge >= 0.3 is 5.97 Å². The summed E-state index contributed by atoms with van der Waals surface area (Å²) in [6, 6.07) is 14.9. The molecule has 8 nitrogen and oxygen atoms in total. The lowest BCUT2D eigenvalue weighted by Gasteiger charge is -2.28. The van der Waals surface area contributed by atoms with Gasteiger partial charge in [0.25, 0.3) is 0 Å². The second-order valence-electron chi connectivity index (χ2n) is 6.00. The Hall–Kier alpha value is -3.52. The molecule has 0 bridgehead atoms. The van der Waals surface area contributed by atoms with Gasteiger partial charge in [-0.2, -0.15) is 4.68 Å². The minimum absolute atomic E-state index is 0.00129. The molecule has 2 aromatic carbocycles. The second-order valence-corrected chi connectivity index (χ2v) is 6.44. The van der Waals surface area contributed by atoms with E-state index in [4.69, 9.17) is 16.3 Å². The first-order valence-corrected chi connectivity index (χ1v) is 8.70. The lowest BCUT2D eigenvalue weighted by atomic mass is 9.89. The van der Waals surface area contributed by atoms with Crippen LogP contribution in [0.25, 0.3) is 0 Å². The number of carbonyl (C=O) groups is 2. The number of tetrazole rings is 1. The van der Waals surface area contributed by atoms with Crippen LogP contribution >= 0.6 is 11.6 Å². The minimum atomic E-state index is -0.704. The van der Waals surface area contributed by atoms with Crippen LogP contribution in [0.5, 0.6) is 0 Å². The standard InChI is InChI=1S/C19H14ClN5O3/c1-28-18(27)15-14(17(26)12-7-9-13(20)10-8-12)16(11-5-3-2-4-6-11)25-19(21-15)22-23-24-25/h2-10,16H,1H3,(H,21,22,24)/t16-/m1/s1. The monoisotopic (exact) mass is 395 g/mol. The molecule has 9 heteroatoms. The Morgan fingerprint density at radius 1 is 1.11 bits per heavy atom. The highest BCUT2D eigenvalue weighted by Gasteiger charge is 2.38. The number of halogens is 1. The largest absolute Gasteiger partial charge is 0.464 e. The van der Waals surface area contributed by atoms with E-state index in [1.807, 2.05) is 30.3 Å². The molecule has 1 N–H and O–H groups in total. The number of benzene rings is 2. The molecule has 1 aromatic heterocycles. The quantitative estimate of drug-likeness (QED) is 0.535. The Kier molecular flexibility index (Phi) is 4.62. The van der Waals surface area contributed by atoms with Crippen molar-refractivity contribution in [1.82, 2.24) is 20.2 Å². The number of ketones is 1. The van der Waals surface area contributed by atoms with Gasteiger partial charge < -0.3 is 10.1 Å². The maximum atomic E-state index is 13.4. The maximum Gasteiger partial charge on any atom is 0.355 e. The Morgan fingerprint density at radius 2 is 1.82 bits per heavy atom. The highest BCUT2D eigenvalue weighted by molar-refractivity contribution is 6.30. The fourth-order valence-corrected chi connectivity index (χ4v) is 3.21. The lowest BCUT2D eigenvalue weighted by Crippen LogP contribution is -2.32. The third kappa shape index (κ3) is 3.03. The first-order valence-electron chi connectivity index (χ1n) is 8.32. The van der Waals surface area contributed by atoms with Crippen molar-refractivity contribution < 1.29 is 14.3 Å². The number of carbonyl (C=O) groups excluding carboxylic acids is 2. The molecule has 28 heavy (non-hydrogen) atoms. The summed E-state index contributed by atoms with van der Waals surface area (Å²) in [6.07, 6.45) is 0. The lowest BCUT2D eigenvalue weighted by molar-refractivity contribution is -0.136. The first-order chi connectivity index (χ1) is 13.6. The van der Waals surface area contributed by atoms with Gasteiger partial charge in [-0.25, -0.2) is 4.79 Å². The molecule has 1 aliphatic heterocycles. The van der Waals surface area contributed by atoms with Crippen molar-refractivity contribution >= 4 is 29.3 Å². The van der Waals surface area contributed by atoms with E-state index in [9.17, 15) is 9.59 Å². The van der Waals surface area contributed by atoms with E-state index in [2.05, 4.69) is 20.8 Å². The summed E-state index contributed by atoms with van der Waals surface area (Å²) in [4.78, 5) is 25.9. The number of Topliss-reactive ketones (excluding diaryl/α,β-unsaturated/α-hetero) is 1. The fourth-order valence-electron chi connectivity index (χ4n) is 3.09. The van der Waals surface area contributed by atoms with Crippen LogP contribution in [0.15, 0.2) is 65.9 Å². The van der Waals surface area contributed by atoms with Crippen molar-refractivity contribution in [3.63, 3.8) is 0 Å². The number of allylic oxidation sites excluding steroid dienone is 1. The Balaban J connectivity index is 1.94. The molecule has 1 aliphatic rings. The van der Waals surface area contributed by atoms with Gasteiger partial charge in [0.15, 0.2) is 5.78 Å². The number of hydrogen-bond acceptors (Lipinski definition) is 7. The van der Waals surface area contributed by atoms with Gasteiger partial charge in [0.2, 0.25) is 5.95 Å². The third-order valence-corrected chi connectivity index (χ3v) is 4.62. The number of methoxy groups -OCH3 is 1. The normalized spacial score (nSPS) is 15.6. The number of aromatic nitrogens is 4. The number of rotatable bonds is 4. The van der Waals surface area contributed by atoms with Crippen LogP contribution in [0.3, 0.4) is 0 Å². The van der Waals surface area contributed by atoms with Crippen molar-refractivity contribution in [3.05, 3.63) is 82.0 Å². The second kappa shape index (κ2) is 7.24. The van der Waals surface area contributed by atoms with Crippen molar-refractivity contribution in [2.24, 2.45) is 0 Å². The number of nitrogens with zero attached hydrogens (tertiary/aromatic N) is 4. The summed E-state index contributed by atoms with van der Waals surface area (Å²) in [6.45, 7) is 0. The molecular formula is C19H14ClN5O3. The number of hydrogen-bond donors (Lipinski definition) is 1. The molecule has 0 radical (unpaired) electrons. The molecule has 0 saturated heterocycles. The molecular weight excluding hydrogens is 382 g/mol. The molecule has 0 spiro atoms. The number of fused-ring (bicyclic) bond motifs is 1. The Labute approximate surface area is 164 Å². The first kappa shape index (κ1) is 17.9. The van der Waals surface area contributed by atoms with E-state index in [1.54, 1.807) is 24.3 Å². The average molecular weight is 396 g/mol. The molecule has 140 valence electrons. The zero-order valence-electron chi connectivity index (χ0n) is 14.7.